The molecular weight excluding hydrogens is 463 g/mol. The maximum absolute atomic E-state index is 16.1. The molecule has 2 N–H and O–H groups in total. The van der Waals surface area contributed by atoms with Gasteiger partial charge in [0.15, 0.2) is 0 Å². The van der Waals surface area contributed by atoms with Crippen LogP contribution in [0, 0.1) is 5.82 Å². The summed E-state index contributed by atoms with van der Waals surface area (Å²) in [4.78, 5) is 40.0. The summed E-state index contributed by atoms with van der Waals surface area (Å²) in [6, 6.07) is 3.20. The molecule has 0 radical (unpaired) electrons. The molecule has 0 saturated carbocycles. The van der Waals surface area contributed by atoms with Crippen LogP contribution in [0.1, 0.15) is 68.7 Å². The van der Waals surface area contributed by atoms with Crippen molar-refractivity contribution in [3.05, 3.63) is 64.5 Å². The van der Waals surface area contributed by atoms with Gasteiger partial charge in [-0.05, 0) is 32.4 Å². The maximum atomic E-state index is 16.1. The second kappa shape index (κ2) is 9.99. The third kappa shape index (κ3) is 4.85. The van der Waals surface area contributed by atoms with Crippen molar-refractivity contribution in [2.75, 3.05) is 18.4 Å². The van der Waals surface area contributed by atoms with E-state index in [4.69, 9.17) is 19.8 Å². The lowest BCUT2D eigenvalue weighted by atomic mass is 10.0. The fraction of sp³-hybridized carbons (Fsp3) is 0.444. The van der Waals surface area contributed by atoms with Gasteiger partial charge < -0.3 is 15.0 Å². The van der Waals surface area contributed by atoms with Crippen LogP contribution in [-0.4, -0.2) is 58.8 Å². The molecule has 8 nitrogen and oxygen atoms in total. The van der Waals surface area contributed by atoms with Crippen LogP contribution in [0.15, 0.2) is 36.4 Å². The van der Waals surface area contributed by atoms with E-state index in [1.807, 2.05) is 0 Å². The van der Waals surface area contributed by atoms with Crippen molar-refractivity contribution < 1.29 is 38.6 Å². The van der Waals surface area contributed by atoms with Gasteiger partial charge in [-0.2, -0.15) is 0 Å². The van der Waals surface area contributed by atoms with Crippen molar-refractivity contribution in [1.29, 1.82) is 0 Å². The summed E-state index contributed by atoms with van der Waals surface area (Å²) in [5.74, 6) is -6.18. The number of anilines is 1. The van der Waals surface area contributed by atoms with Crippen molar-refractivity contribution in [2.45, 2.75) is 64.3 Å². The first-order valence-corrected chi connectivity index (χ1v) is 11.3. The molecule has 3 atom stereocenters. The van der Waals surface area contributed by atoms with Crippen LogP contribution in [0.5, 0.6) is 0 Å². The summed E-state index contributed by atoms with van der Waals surface area (Å²) in [6.07, 6.45) is -8.05. The van der Waals surface area contributed by atoms with Crippen LogP contribution < -0.4 is 10.6 Å². The van der Waals surface area contributed by atoms with E-state index in [-0.39, 0.29) is 30.2 Å². The van der Waals surface area contributed by atoms with Crippen molar-refractivity contribution in [2.24, 2.45) is 0 Å². The number of carbonyl (C=O) groups is 3. The molecule has 36 heavy (non-hydrogen) atoms. The number of carbonyl (C=O) groups excluding carboxylic acids is 3. The highest BCUT2D eigenvalue weighted by atomic mass is 19.1. The van der Waals surface area contributed by atoms with Gasteiger partial charge >= 0.3 is 0 Å². The van der Waals surface area contributed by atoms with E-state index in [1.54, 1.807) is 13.8 Å². The lowest BCUT2D eigenvalue weighted by Gasteiger charge is -2.35. The Hall–Kier alpha value is -3.30. The van der Waals surface area contributed by atoms with Gasteiger partial charge in [0.05, 0.1) is 19.1 Å². The van der Waals surface area contributed by atoms with E-state index in [9.17, 15) is 14.4 Å². The van der Waals surface area contributed by atoms with E-state index < -0.39 is 89.7 Å². The summed E-state index contributed by atoms with van der Waals surface area (Å²) in [7, 11) is 0. The molecule has 3 unspecified atom stereocenters. The number of morpholine rings is 1. The Bertz CT molecular complexity index is 1670. The second-order valence-electron chi connectivity index (χ2n) is 8.55. The zero-order chi connectivity index (χ0) is 35.3. The summed E-state index contributed by atoms with van der Waals surface area (Å²) in [5, 5.41) is 3.86. The molecule has 3 amide bonds. The number of nitrogens with one attached hydrogen (secondary N) is 2. The monoisotopic (exact) mass is 505 g/mol. The van der Waals surface area contributed by atoms with E-state index in [2.05, 4.69) is 5.32 Å². The molecule has 190 valence electrons. The molecule has 0 spiro atoms. The van der Waals surface area contributed by atoms with Gasteiger partial charge in [0.25, 0.3) is 5.91 Å². The van der Waals surface area contributed by atoms with Crippen LogP contribution in [0.25, 0.3) is 0 Å². The number of hydrogen-bond donors (Lipinski definition) is 2. The quantitative estimate of drug-likeness (QED) is 0.587. The topological polar surface area (TPSA) is 91.0 Å². The predicted octanol–water partition coefficient (Wildman–Crippen LogP) is 2.81. The number of imide groups is 1. The molecule has 2 saturated heterocycles. The zero-order valence-electron chi connectivity index (χ0n) is 30.4. The van der Waals surface area contributed by atoms with E-state index in [0.29, 0.717) is 0 Å². The number of amides is 3. The normalized spacial score (nSPS) is 36.1. The summed E-state index contributed by atoms with van der Waals surface area (Å²) in [6.45, 7) is -4.83. The standard InChI is InChI=1S/C27H31FN4O4/c1-16-12-31(13-17(2)36-16)14-19-6-3-5-18(25(19)28)11-29-22-8-4-7-20-21(22)15-32(27(20)35)23-9-10-24(33)30-26(23)34/h3-8,16-17,23,29H,9-15H2,1-2H3,(H,30,33,34)/i9D2,10D2,11D2,14D2,15D2,23D. The molecule has 2 aromatic rings. The lowest BCUT2D eigenvalue weighted by molar-refractivity contribution is -0.136. The number of rotatable bonds is 6. The first-order valence-electron chi connectivity index (χ1n) is 16.8. The van der Waals surface area contributed by atoms with E-state index in [0.717, 1.165) is 18.2 Å². The fourth-order valence-corrected chi connectivity index (χ4v) is 4.21. The molecule has 3 aliphatic heterocycles. The number of ether oxygens (including phenoxy) is 1. The number of piperidine rings is 1. The van der Waals surface area contributed by atoms with Gasteiger partial charge in [0.2, 0.25) is 11.8 Å². The fourth-order valence-electron chi connectivity index (χ4n) is 4.21. The van der Waals surface area contributed by atoms with Gasteiger partial charge in [-0.3, -0.25) is 24.6 Å². The second-order valence-corrected chi connectivity index (χ2v) is 8.55. The molecule has 2 fully saturated rings. The Morgan fingerprint density at radius 1 is 1.17 bits per heavy atom. The Morgan fingerprint density at radius 3 is 2.67 bits per heavy atom. The third-order valence-electron chi connectivity index (χ3n) is 5.71. The van der Waals surface area contributed by atoms with E-state index in [1.165, 1.54) is 28.4 Å². The highest BCUT2D eigenvalue weighted by Gasteiger charge is 2.39. The lowest BCUT2D eigenvalue weighted by Crippen LogP contribution is -2.52. The minimum atomic E-state index is -3.77. The molecular formula is C27H31FN4O4. The minimum absolute atomic E-state index is 0.130. The van der Waals surface area contributed by atoms with Crippen molar-refractivity contribution in [3.63, 3.8) is 0 Å². The molecule has 3 heterocycles. The van der Waals surface area contributed by atoms with Gasteiger partial charge in [-0.25, -0.2) is 4.39 Å². The smallest absolute Gasteiger partial charge is 0.255 e. The summed E-state index contributed by atoms with van der Waals surface area (Å²) in [5.41, 5.74) is -2.80. The molecule has 9 heteroatoms. The molecule has 0 bridgehead atoms. The largest absolute Gasteiger partial charge is 0.381 e. The number of hydrogen-bond acceptors (Lipinski definition) is 6. The van der Waals surface area contributed by atoms with Crippen LogP contribution >= 0.6 is 0 Å². The maximum Gasteiger partial charge on any atom is 0.255 e. The average molecular weight is 506 g/mol. The van der Waals surface area contributed by atoms with Gasteiger partial charge in [0, 0.05) is 75.1 Å². The molecule has 3 aliphatic rings. The summed E-state index contributed by atoms with van der Waals surface area (Å²) >= 11 is 0. The number of benzene rings is 2. The van der Waals surface area contributed by atoms with Crippen molar-refractivity contribution in [1.82, 2.24) is 15.1 Å². The average Bonchev–Trinajstić information content (AvgIpc) is 3.16. The Morgan fingerprint density at radius 2 is 1.89 bits per heavy atom. The van der Waals surface area contributed by atoms with Crippen LogP contribution in [0.3, 0.4) is 0 Å². The predicted molar refractivity (Wildman–Crippen MR) is 131 cm³/mol. The first-order chi connectivity index (χ1) is 21.4. The van der Waals surface area contributed by atoms with E-state index >= 15 is 4.39 Å². The number of halogens is 1. The van der Waals surface area contributed by atoms with Crippen molar-refractivity contribution >= 4 is 23.4 Å². The number of nitrogens with zero attached hydrogens (tertiary/aromatic N) is 2. The third-order valence-corrected chi connectivity index (χ3v) is 5.71. The van der Waals surface area contributed by atoms with Gasteiger partial charge in [0.1, 0.15) is 11.8 Å². The van der Waals surface area contributed by atoms with Crippen molar-refractivity contribution in [3.8, 4) is 0 Å². The van der Waals surface area contributed by atoms with Crippen LogP contribution in [0.2, 0.25) is 0 Å². The highest BCUT2D eigenvalue weighted by Crippen LogP contribution is 2.32. The Labute approximate surface area is 225 Å². The van der Waals surface area contributed by atoms with Gasteiger partial charge in [-0.15, -0.1) is 0 Å². The molecule has 0 aliphatic carbocycles. The molecule has 5 rings (SSSR count). The first kappa shape index (κ1) is 14.4. The molecule has 2 aromatic carbocycles. The Balaban J connectivity index is 1.55. The highest BCUT2D eigenvalue weighted by molar-refractivity contribution is 6.06. The Kier molecular flexibility index (Phi) is 4.01. The SMILES string of the molecule is [2H]C([2H])(Nc1cccc2c1C([2H])([2H])N(C1([2H])C(=O)NC(=O)C([2H])([2H])C1([2H])[2H])C2=O)c1cccc(C([2H])([2H])N2CC(C)OC(C)C2)c1F. The summed E-state index contributed by atoms with van der Waals surface area (Å²) < 4.78 is 116. The van der Waals surface area contributed by atoms with Gasteiger partial charge in [-0.1, -0.05) is 24.3 Å². The zero-order valence-corrected chi connectivity index (χ0v) is 19.4. The van der Waals surface area contributed by atoms with Crippen LogP contribution in [-0.2, 0) is 33.8 Å². The minimum Gasteiger partial charge on any atom is -0.381 e. The molecule has 0 aromatic heterocycles. The van der Waals surface area contributed by atoms with Crippen LogP contribution in [0.4, 0.5) is 10.1 Å². The number of fused-ring (bicyclic) bond motifs is 1.